The summed E-state index contributed by atoms with van der Waals surface area (Å²) >= 11 is 0. The van der Waals surface area contributed by atoms with E-state index in [1.807, 2.05) is 0 Å². The fourth-order valence-electron chi connectivity index (χ4n) is 2.11. The van der Waals surface area contributed by atoms with Crippen LogP contribution in [0.1, 0.15) is 22.6 Å². The minimum Gasteiger partial charge on any atom is -0.478 e. The molecule has 0 radical (unpaired) electrons. The summed E-state index contributed by atoms with van der Waals surface area (Å²) in [5.41, 5.74) is 1.45. The summed E-state index contributed by atoms with van der Waals surface area (Å²) in [6, 6.07) is 6.04. The van der Waals surface area contributed by atoms with Crippen molar-refractivity contribution in [3.8, 4) is 0 Å². The van der Waals surface area contributed by atoms with Crippen LogP contribution in [-0.4, -0.2) is 32.7 Å². The van der Waals surface area contributed by atoms with Crippen LogP contribution < -0.4 is 5.01 Å². The van der Waals surface area contributed by atoms with Crippen LogP contribution in [0.2, 0.25) is 0 Å². The first kappa shape index (κ1) is 13.0. The molecule has 0 saturated heterocycles. The van der Waals surface area contributed by atoms with E-state index >= 15 is 0 Å². The molecule has 0 fully saturated rings. The Kier molecular flexibility index (Phi) is 3.23. The third-order valence-electron chi connectivity index (χ3n) is 3.12. The summed E-state index contributed by atoms with van der Waals surface area (Å²) < 4.78 is 0. The van der Waals surface area contributed by atoms with E-state index < -0.39 is 5.97 Å². The summed E-state index contributed by atoms with van der Waals surface area (Å²) in [7, 11) is 0. The van der Waals surface area contributed by atoms with E-state index in [1.54, 1.807) is 24.5 Å². The lowest BCUT2D eigenvalue weighted by Crippen LogP contribution is -2.19. The largest absolute Gasteiger partial charge is 0.478 e. The van der Waals surface area contributed by atoms with Crippen LogP contribution in [0.3, 0.4) is 0 Å². The maximum Gasteiger partial charge on any atom is 0.335 e. The number of benzene rings is 1. The van der Waals surface area contributed by atoms with Gasteiger partial charge in [0.1, 0.15) is 5.82 Å². The number of H-pyrrole nitrogens is 1. The number of imidazole rings is 1. The van der Waals surface area contributed by atoms with Crippen molar-refractivity contribution in [2.45, 2.75) is 12.8 Å². The molecule has 106 valence electrons. The Morgan fingerprint density at radius 1 is 1.33 bits per heavy atom. The number of hydrazone groups is 1. The third-order valence-corrected chi connectivity index (χ3v) is 3.12. The number of nitrogens with one attached hydrogen (secondary N) is 1. The Balaban J connectivity index is 1.79. The zero-order valence-electron chi connectivity index (χ0n) is 11.0. The molecule has 1 amide bonds. The number of rotatable bonds is 4. The number of hydrogen-bond donors (Lipinski definition) is 2. The molecule has 0 bridgehead atoms. The molecule has 7 heteroatoms. The Bertz CT molecular complexity index is 704. The summed E-state index contributed by atoms with van der Waals surface area (Å²) in [5, 5.41) is 14.4. The third kappa shape index (κ3) is 2.66. The van der Waals surface area contributed by atoms with Gasteiger partial charge in [0.05, 0.1) is 23.4 Å². The van der Waals surface area contributed by atoms with Gasteiger partial charge in [0.15, 0.2) is 0 Å². The Labute approximate surface area is 119 Å². The predicted octanol–water partition coefficient (Wildman–Crippen LogP) is 1.44. The molecule has 1 aromatic heterocycles. The molecule has 1 aliphatic rings. The van der Waals surface area contributed by atoms with Gasteiger partial charge in [-0.05, 0) is 24.3 Å². The minimum atomic E-state index is -1.00. The van der Waals surface area contributed by atoms with Crippen molar-refractivity contribution in [2.24, 2.45) is 5.10 Å². The molecule has 1 aromatic carbocycles. The van der Waals surface area contributed by atoms with Crippen molar-refractivity contribution in [2.75, 3.05) is 5.01 Å². The number of nitrogens with zero attached hydrogens (tertiary/aromatic N) is 3. The summed E-state index contributed by atoms with van der Waals surface area (Å²) in [5.74, 6) is -0.388. The molecule has 2 N–H and O–H groups in total. The van der Waals surface area contributed by atoms with Crippen molar-refractivity contribution >= 4 is 23.3 Å². The Hall–Kier alpha value is -2.96. The first-order valence-corrected chi connectivity index (χ1v) is 6.34. The average Bonchev–Trinajstić information content (AvgIpc) is 3.09. The van der Waals surface area contributed by atoms with Gasteiger partial charge in [0.2, 0.25) is 0 Å². The second-order valence-electron chi connectivity index (χ2n) is 4.61. The maximum absolute atomic E-state index is 12.0. The summed E-state index contributed by atoms with van der Waals surface area (Å²) in [6.45, 7) is 0. The van der Waals surface area contributed by atoms with Gasteiger partial charge in [-0.2, -0.15) is 5.10 Å². The molecule has 1 aliphatic heterocycles. The molecule has 0 atom stereocenters. The standard InChI is InChI=1S/C14H12N4O3/c19-13-8-10(7-12-15-5-6-16-12)17-18(13)11-3-1-9(2-4-11)14(20)21/h1-6H,7-8H2,(H,15,16)(H,20,21). The number of amides is 1. The lowest BCUT2D eigenvalue weighted by atomic mass is 10.2. The zero-order chi connectivity index (χ0) is 14.8. The van der Waals surface area contributed by atoms with Gasteiger partial charge in [-0.25, -0.2) is 14.8 Å². The van der Waals surface area contributed by atoms with Crippen LogP contribution in [0, 0.1) is 0 Å². The molecule has 0 unspecified atom stereocenters. The maximum atomic E-state index is 12.0. The fraction of sp³-hybridized carbons (Fsp3) is 0.143. The van der Waals surface area contributed by atoms with E-state index in [0.29, 0.717) is 12.1 Å². The van der Waals surface area contributed by atoms with Gasteiger partial charge in [-0.15, -0.1) is 0 Å². The number of aromatic amines is 1. The Morgan fingerprint density at radius 2 is 2.10 bits per heavy atom. The molecule has 3 rings (SSSR count). The molecule has 2 aromatic rings. The van der Waals surface area contributed by atoms with E-state index in [-0.39, 0.29) is 17.9 Å². The van der Waals surface area contributed by atoms with E-state index in [9.17, 15) is 9.59 Å². The van der Waals surface area contributed by atoms with Gasteiger partial charge in [-0.3, -0.25) is 4.79 Å². The molecule has 2 heterocycles. The number of carboxylic acid groups (broad SMARTS) is 1. The van der Waals surface area contributed by atoms with E-state index in [2.05, 4.69) is 15.1 Å². The molecule has 0 spiro atoms. The second kappa shape index (κ2) is 5.20. The molecule has 21 heavy (non-hydrogen) atoms. The van der Waals surface area contributed by atoms with E-state index in [4.69, 9.17) is 5.11 Å². The summed E-state index contributed by atoms with van der Waals surface area (Å²) in [6.07, 6.45) is 4.09. The molecular formula is C14H12N4O3. The van der Waals surface area contributed by atoms with Crippen molar-refractivity contribution in [1.82, 2.24) is 9.97 Å². The van der Waals surface area contributed by atoms with Crippen molar-refractivity contribution in [3.05, 3.63) is 48.0 Å². The number of anilines is 1. The highest BCUT2D eigenvalue weighted by molar-refractivity contribution is 6.13. The molecule has 0 aliphatic carbocycles. The Morgan fingerprint density at radius 3 is 2.71 bits per heavy atom. The van der Waals surface area contributed by atoms with Crippen LogP contribution in [0.15, 0.2) is 41.8 Å². The first-order chi connectivity index (χ1) is 10.1. The highest BCUT2D eigenvalue weighted by Gasteiger charge is 2.25. The number of carbonyl (C=O) groups excluding carboxylic acids is 1. The number of aromatic nitrogens is 2. The second-order valence-corrected chi connectivity index (χ2v) is 4.61. The number of carboxylic acids is 1. The monoisotopic (exact) mass is 284 g/mol. The SMILES string of the molecule is O=C(O)c1ccc(N2N=C(Cc3ncc[nH]3)CC2=O)cc1. The van der Waals surface area contributed by atoms with Crippen LogP contribution in [0.4, 0.5) is 5.69 Å². The number of hydrogen-bond acceptors (Lipinski definition) is 4. The van der Waals surface area contributed by atoms with Gasteiger partial charge >= 0.3 is 5.97 Å². The first-order valence-electron chi connectivity index (χ1n) is 6.34. The lowest BCUT2D eigenvalue weighted by Gasteiger charge is -2.11. The molecular weight excluding hydrogens is 272 g/mol. The van der Waals surface area contributed by atoms with E-state index in [0.717, 1.165) is 11.5 Å². The normalized spacial score (nSPS) is 14.4. The van der Waals surface area contributed by atoms with Gasteiger partial charge in [-0.1, -0.05) is 0 Å². The minimum absolute atomic E-state index is 0.139. The highest BCUT2D eigenvalue weighted by atomic mass is 16.4. The van der Waals surface area contributed by atoms with Crippen molar-refractivity contribution < 1.29 is 14.7 Å². The van der Waals surface area contributed by atoms with Crippen LogP contribution in [-0.2, 0) is 11.2 Å². The number of carbonyl (C=O) groups is 2. The van der Waals surface area contributed by atoms with E-state index in [1.165, 1.54) is 17.1 Å². The van der Waals surface area contributed by atoms with Crippen molar-refractivity contribution in [1.29, 1.82) is 0 Å². The smallest absolute Gasteiger partial charge is 0.335 e. The van der Waals surface area contributed by atoms with Crippen molar-refractivity contribution in [3.63, 3.8) is 0 Å². The average molecular weight is 284 g/mol. The van der Waals surface area contributed by atoms with Gasteiger partial charge < -0.3 is 10.1 Å². The predicted molar refractivity (Wildman–Crippen MR) is 75.2 cm³/mol. The topological polar surface area (TPSA) is 98.6 Å². The molecule has 0 saturated carbocycles. The van der Waals surface area contributed by atoms with Crippen LogP contribution >= 0.6 is 0 Å². The number of aromatic carboxylic acids is 1. The highest BCUT2D eigenvalue weighted by Crippen LogP contribution is 2.21. The van der Waals surface area contributed by atoms with Crippen LogP contribution in [0.5, 0.6) is 0 Å². The molecule has 7 nitrogen and oxygen atoms in total. The van der Waals surface area contributed by atoms with Gasteiger partial charge in [0, 0.05) is 18.8 Å². The quantitative estimate of drug-likeness (QED) is 0.887. The zero-order valence-corrected chi connectivity index (χ0v) is 11.0. The van der Waals surface area contributed by atoms with Crippen LogP contribution in [0.25, 0.3) is 0 Å². The lowest BCUT2D eigenvalue weighted by molar-refractivity contribution is -0.116. The summed E-state index contributed by atoms with van der Waals surface area (Å²) in [4.78, 5) is 29.9. The fourth-order valence-corrected chi connectivity index (χ4v) is 2.11. The van der Waals surface area contributed by atoms with Gasteiger partial charge in [0.25, 0.3) is 5.91 Å².